The van der Waals surface area contributed by atoms with Crippen LogP contribution in [-0.2, 0) is 0 Å². The average Bonchev–Trinajstić information content (AvgIpc) is 3.25. The first kappa shape index (κ1) is 16.2. The van der Waals surface area contributed by atoms with Gasteiger partial charge in [0.15, 0.2) is 0 Å². The number of aromatic nitrogens is 3. The van der Waals surface area contributed by atoms with Crippen molar-refractivity contribution in [3.63, 3.8) is 0 Å². The largest absolute Gasteiger partial charge is 0.497 e. The summed E-state index contributed by atoms with van der Waals surface area (Å²) in [7, 11) is 1.63. The molecule has 1 aliphatic carbocycles. The van der Waals surface area contributed by atoms with Gasteiger partial charge in [-0.1, -0.05) is 11.3 Å². The molecule has 2 aromatic heterocycles. The lowest BCUT2D eigenvalue weighted by Crippen LogP contribution is -2.11. The average molecular weight is 372 g/mol. The normalized spacial score (nSPS) is 13.7. The Kier molecular flexibility index (Phi) is 4.22. The van der Waals surface area contributed by atoms with Gasteiger partial charge < -0.3 is 4.74 Å². The molecule has 4 rings (SSSR count). The number of nitrogens with zero attached hydrogens (tertiary/aromatic N) is 3. The molecule has 1 N–H and O–H groups in total. The van der Waals surface area contributed by atoms with Crippen LogP contribution in [0.3, 0.4) is 0 Å². The summed E-state index contributed by atoms with van der Waals surface area (Å²) in [6.07, 6.45) is 2.34. The van der Waals surface area contributed by atoms with Gasteiger partial charge in [0.25, 0.3) is 5.91 Å². The van der Waals surface area contributed by atoms with Crippen LogP contribution in [0.5, 0.6) is 5.75 Å². The molecule has 8 heteroatoms. The van der Waals surface area contributed by atoms with Crippen LogP contribution >= 0.6 is 22.7 Å². The van der Waals surface area contributed by atoms with E-state index in [9.17, 15) is 4.79 Å². The monoisotopic (exact) mass is 372 g/mol. The number of carbonyl (C=O) groups excluding carboxylic acids is 1. The molecule has 0 radical (unpaired) electrons. The summed E-state index contributed by atoms with van der Waals surface area (Å²) in [4.78, 5) is 17.7. The minimum Gasteiger partial charge on any atom is -0.497 e. The van der Waals surface area contributed by atoms with Crippen LogP contribution in [0.1, 0.15) is 39.1 Å². The van der Waals surface area contributed by atoms with Crippen molar-refractivity contribution in [3.8, 4) is 16.3 Å². The number of anilines is 1. The Bertz CT molecular complexity index is 913. The van der Waals surface area contributed by atoms with Crippen molar-refractivity contribution in [3.05, 3.63) is 39.8 Å². The first-order valence-electron chi connectivity index (χ1n) is 7.90. The third kappa shape index (κ3) is 3.40. The van der Waals surface area contributed by atoms with Gasteiger partial charge in [-0.05, 0) is 44.0 Å². The molecule has 1 saturated carbocycles. The van der Waals surface area contributed by atoms with Gasteiger partial charge in [0.05, 0.1) is 12.8 Å². The summed E-state index contributed by atoms with van der Waals surface area (Å²) in [6.45, 7) is 1.84. The molecule has 1 aromatic carbocycles. The maximum absolute atomic E-state index is 12.6. The van der Waals surface area contributed by atoms with E-state index < -0.39 is 0 Å². The van der Waals surface area contributed by atoms with Crippen molar-refractivity contribution in [1.29, 1.82) is 0 Å². The molecule has 2 heterocycles. The van der Waals surface area contributed by atoms with E-state index in [1.807, 2.05) is 31.2 Å². The lowest BCUT2D eigenvalue weighted by atomic mass is 10.2. The van der Waals surface area contributed by atoms with Crippen molar-refractivity contribution in [2.45, 2.75) is 25.7 Å². The maximum Gasteiger partial charge on any atom is 0.269 e. The second kappa shape index (κ2) is 6.53. The van der Waals surface area contributed by atoms with E-state index >= 15 is 0 Å². The molecule has 0 spiro atoms. The molecule has 1 aliphatic rings. The van der Waals surface area contributed by atoms with E-state index in [1.54, 1.807) is 7.11 Å². The minimum atomic E-state index is -0.187. The van der Waals surface area contributed by atoms with Gasteiger partial charge >= 0.3 is 0 Å². The number of ether oxygens (including phenoxy) is 1. The molecule has 0 saturated heterocycles. The summed E-state index contributed by atoms with van der Waals surface area (Å²) < 4.78 is 5.17. The maximum atomic E-state index is 12.6. The van der Waals surface area contributed by atoms with Crippen molar-refractivity contribution in [2.24, 2.45) is 0 Å². The lowest BCUT2D eigenvalue weighted by molar-refractivity contribution is 0.102. The third-order valence-corrected chi connectivity index (χ3v) is 6.13. The van der Waals surface area contributed by atoms with Crippen molar-refractivity contribution < 1.29 is 9.53 Å². The zero-order valence-electron chi connectivity index (χ0n) is 13.8. The van der Waals surface area contributed by atoms with E-state index in [4.69, 9.17) is 4.74 Å². The van der Waals surface area contributed by atoms with Crippen molar-refractivity contribution >= 4 is 33.7 Å². The van der Waals surface area contributed by atoms with Gasteiger partial charge in [-0.25, -0.2) is 4.98 Å². The summed E-state index contributed by atoms with van der Waals surface area (Å²) in [6, 6.07) is 7.63. The highest BCUT2D eigenvalue weighted by Crippen LogP contribution is 2.42. The van der Waals surface area contributed by atoms with Crippen LogP contribution in [0.4, 0.5) is 5.13 Å². The van der Waals surface area contributed by atoms with E-state index in [0.717, 1.165) is 21.3 Å². The molecular weight excluding hydrogens is 356 g/mol. The zero-order chi connectivity index (χ0) is 17.4. The van der Waals surface area contributed by atoms with E-state index in [0.29, 0.717) is 21.6 Å². The molecule has 128 valence electrons. The van der Waals surface area contributed by atoms with Gasteiger partial charge in [-0.3, -0.25) is 10.1 Å². The second-order valence-corrected chi connectivity index (χ2v) is 7.84. The Labute approximate surface area is 152 Å². The smallest absolute Gasteiger partial charge is 0.269 e. The number of carbonyl (C=O) groups is 1. The number of nitrogens with one attached hydrogen (secondary N) is 1. The molecule has 0 unspecified atom stereocenters. The summed E-state index contributed by atoms with van der Waals surface area (Å²) in [5, 5.41) is 13.4. The predicted octanol–water partition coefficient (Wildman–Crippen LogP) is 4.11. The highest BCUT2D eigenvalue weighted by Gasteiger charge is 2.28. The topological polar surface area (TPSA) is 77.0 Å². The molecule has 1 amide bonds. The molecule has 3 aromatic rings. The van der Waals surface area contributed by atoms with Gasteiger partial charge in [-0.15, -0.1) is 21.5 Å². The zero-order valence-corrected chi connectivity index (χ0v) is 15.4. The van der Waals surface area contributed by atoms with E-state index in [2.05, 4.69) is 20.5 Å². The number of benzene rings is 1. The molecule has 0 aliphatic heterocycles. The number of aryl methyl sites for hydroxylation is 1. The summed E-state index contributed by atoms with van der Waals surface area (Å²) >= 11 is 2.83. The molecular formula is C17H16N4O2S2. The third-order valence-electron chi connectivity index (χ3n) is 3.93. The van der Waals surface area contributed by atoms with Crippen LogP contribution in [0, 0.1) is 6.92 Å². The van der Waals surface area contributed by atoms with Crippen LogP contribution < -0.4 is 10.1 Å². The fraction of sp³-hybridized carbons (Fsp3) is 0.294. The highest BCUT2D eigenvalue weighted by atomic mass is 32.1. The Morgan fingerprint density at radius 2 is 1.96 bits per heavy atom. The minimum absolute atomic E-state index is 0.187. The Hall–Kier alpha value is -2.32. The molecule has 1 fully saturated rings. The summed E-state index contributed by atoms with van der Waals surface area (Å²) in [5.41, 5.74) is 1.67. The molecule has 0 atom stereocenters. The molecule has 0 bridgehead atoms. The van der Waals surface area contributed by atoms with Gasteiger partial charge in [-0.2, -0.15) is 0 Å². The quantitative estimate of drug-likeness (QED) is 0.729. The fourth-order valence-corrected chi connectivity index (χ4v) is 4.27. The SMILES string of the molecule is COc1ccc(-c2nc(C)c(C(=O)Nc3nnc(C4CC4)s3)s2)cc1. The fourth-order valence-electron chi connectivity index (χ4n) is 2.40. The lowest BCUT2D eigenvalue weighted by Gasteiger charge is -2.00. The number of methoxy groups -OCH3 is 1. The van der Waals surface area contributed by atoms with E-state index in [1.165, 1.54) is 35.5 Å². The Morgan fingerprint density at radius 3 is 2.64 bits per heavy atom. The van der Waals surface area contributed by atoms with Crippen molar-refractivity contribution in [2.75, 3.05) is 12.4 Å². The standard InChI is InChI=1S/C17H16N4O2S2/c1-9-13(14(22)19-17-21-20-16(25-17)11-3-4-11)24-15(18-9)10-5-7-12(23-2)8-6-10/h5-8,11H,3-4H2,1-2H3,(H,19,21,22). The van der Waals surface area contributed by atoms with Gasteiger partial charge in [0, 0.05) is 11.5 Å². The Morgan fingerprint density at radius 1 is 1.20 bits per heavy atom. The van der Waals surface area contributed by atoms with Crippen molar-refractivity contribution in [1.82, 2.24) is 15.2 Å². The highest BCUT2D eigenvalue weighted by molar-refractivity contribution is 7.17. The van der Waals surface area contributed by atoms with Crippen LogP contribution in [0.2, 0.25) is 0 Å². The molecule has 6 nitrogen and oxygen atoms in total. The van der Waals surface area contributed by atoms with Gasteiger partial charge in [0.1, 0.15) is 20.6 Å². The number of hydrogen-bond donors (Lipinski definition) is 1. The van der Waals surface area contributed by atoms with E-state index in [-0.39, 0.29) is 5.91 Å². The first-order chi connectivity index (χ1) is 12.1. The number of hydrogen-bond acceptors (Lipinski definition) is 7. The van der Waals surface area contributed by atoms with Gasteiger partial charge in [0.2, 0.25) is 5.13 Å². The number of amides is 1. The second-order valence-electron chi connectivity index (χ2n) is 5.84. The van der Waals surface area contributed by atoms with Crippen LogP contribution in [0.25, 0.3) is 10.6 Å². The van der Waals surface area contributed by atoms with Crippen LogP contribution in [0.15, 0.2) is 24.3 Å². The number of rotatable bonds is 5. The van der Waals surface area contributed by atoms with Crippen LogP contribution in [-0.4, -0.2) is 28.2 Å². The summed E-state index contributed by atoms with van der Waals surface area (Å²) in [5.74, 6) is 1.14. The molecule has 25 heavy (non-hydrogen) atoms. The number of thiazole rings is 1. The predicted molar refractivity (Wildman–Crippen MR) is 98.7 cm³/mol. The first-order valence-corrected chi connectivity index (χ1v) is 9.54. The Balaban J connectivity index is 1.52.